The maximum Gasteiger partial charge on any atom is 0.309 e. The van der Waals surface area contributed by atoms with Crippen LogP contribution in [0.3, 0.4) is 0 Å². The highest BCUT2D eigenvalue weighted by Gasteiger charge is 2.34. The average Bonchev–Trinajstić information content (AvgIpc) is 2.89. The summed E-state index contributed by atoms with van der Waals surface area (Å²) in [5, 5.41) is 9.44. The Bertz CT molecular complexity index is 691. The van der Waals surface area contributed by atoms with E-state index in [1.165, 1.54) is 0 Å². The van der Waals surface area contributed by atoms with E-state index >= 15 is 0 Å². The summed E-state index contributed by atoms with van der Waals surface area (Å²) in [4.78, 5) is 23.7. The minimum atomic E-state index is -0.299. The molecule has 0 radical (unpaired) electrons. The maximum absolute atomic E-state index is 11.9. The molecule has 21 heavy (non-hydrogen) atoms. The van der Waals surface area contributed by atoms with Gasteiger partial charge in [-0.2, -0.15) is 5.26 Å². The van der Waals surface area contributed by atoms with Crippen LogP contribution in [-0.2, 0) is 9.53 Å². The standard InChI is InChI=1S/C16H16N2O3/c1-2-21-16(20)8-10-7-11-3-6-15(19)14-5-4-13(18(11)14)12(10)9-17/h4-5,11H,2-3,6-8H2,1H3. The summed E-state index contributed by atoms with van der Waals surface area (Å²) in [5.41, 5.74) is 2.79. The average molecular weight is 284 g/mol. The Balaban J connectivity index is 2.03. The Morgan fingerprint density at radius 2 is 2.24 bits per heavy atom. The van der Waals surface area contributed by atoms with Gasteiger partial charge in [0.25, 0.3) is 0 Å². The lowest BCUT2D eigenvalue weighted by molar-refractivity contribution is -0.142. The third-order valence-electron chi connectivity index (χ3n) is 4.14. The van der Waals surface area contributed by atoms with Crippen molar-refractivity contribution in [3.8, 4) is 6.07 Å². The highest BCUT2D eigenvalue weighted by atomic mass is 16.5. The van der Waals surface area contributed by atoms with Gasteiger partial charge in [-0.15, -0.1) is 0 Å². The molecular weight excluding hydrogens is 268 g/mol. The van der Waals surface area contributed by atoms with Gasteiger partial charge in [0, 0.05) is 12.5 Å². The molecule has 0 spiro atoms. The number of hydrogen-bond acceptors (Lipinski definition) is 4. The predicted molar refractivity (Wildman–Crippen MR) is 75.4 cm³/mol. The van der Waals surface area contributed by atoms with Crippen LogP contribution in [0.1, 0.15) is 54.8 Å². The highest BCUT2D eigenvalue weighted by molar-refractivity contribution is 5.97. The van der Waals surface area contributed by atoms with E-state index in [0.29, 0.717) is 30.7 Å². The lowest BCUT2D eigenvalue weighted by atomic mass is 9.88. The molecule has 0 saturated heterocycles. The number of carbonyl (C=O) groups excluding carboxylic acids is 2. The summed E-state index contributed by atoms with van der Waals surface area (Å²) in [5.74, 6) is -0.170. The number of allylic oxidation sites excluding steroid dienone is 1. The SMILES string of the molecule is CCOC(=O)CC1=C(C#N)c2ccc3n2C(CCC3=O)C1. The summed E-state index contributed by atoms with van der Waals surface area (Å²) in [6.45, 7) is 2.11. The number of nitrogens with zero attached hydrogens (tertiary/aromatic N) is 2. The quantitative estimate of drug-likeness (QED) is 0.800. The van der Waals surface area contributed by atoms with Crippen molar-refractivity contribution >= 4 is 17.3 Å². The molecular formula is C16H16N2O3. The first-order valence-electron chi connectivity index (χ1n) is 7.18. The van der Waals surface area contributed by atoms with Crippen molar-refractivity contribution in [1.29, 1.82) is 5.26 Å². The van der Waals surface area contributed by atoms with E-state index in [0.717, 1.165) is 17.7 Å². The molecule has 5 heteroatoms. The van der Waals surface area contributed by atoms with Crippen molar-refractivity contribution < 1.29 is 14.3 Å². The molecule has 3 rings (SSSR count). The summed E-state index contributed by atoms with van der Waals surface area (Å²) < 4.78 is 6.96. The zero-order valence-corrected chi connectivity index (χ0v) is 11.9. The van der Waals surface area contributed by atoms with Crippen LogP contribution in [0.15, 0.2) is 17.7 Å². The fourth-order valence-electron chi connectivity index (χ4n) is 3.27. The fraction of sp³-hybridized carbons (Fsp3) is 0.438. The molecule has 0 saturated carbocycles. The summed E-state index contributed by atoms with van der Waals surface area (Å²) in [6.07, 6.45) is 2.09. The summed E-state index contributed by atoms with van der Waals surface area (Å²) in [6, 6.07) is 5.96. The van der Waals surface area contributed by atoms with Crippen molar-refractivity contribution in [2.45, 2.75) is 38.6 Å². The van der Waals surface area contributed by atoms with Gasteiger partial charge >= 0.3 is 5.97 Å². The number of hydrogen-bond donors (Lipinski definition) is 0. The van der Waals surface area contributed by atoms with E-state index < -0.39 is 0 Å². The van der Waals surface area contributed by atoms with Gasteiger partial charge in [0.15, 0.2) is 5.78 Å². The van der Waals surface area contributed by atoms with E-state index in [9.17, 15) is 14.9 Å². The predicted octanol–water partition coefficient (Wildman–Crippen LogP) is 2.64. The Morgan fingerprint density at radius 3 is 2.95 bits per heavy atom. The highest BCUT2D eigenvalue weighted by Crippen LogP contribution is 2.41. The number of esters is 1. The molecule has 0 fully saturated rings. The second kappa shape index (κ2) is 5.21. The largest absolute Gasteiger partial charge is 0.466 e. The van der Waals surface area contributed by atoms with E-state index in [1.807, 2.05) is 10.6 Å². The van der Waals surface area contributed by atoms with Crippen LogP contribution in [0, 0.1) is 11.3 Å². The van der Waals surface area contributed by atoms with Crippen LogP contribution < -0.4 is 0 Å². The van der Waals surface area contributed by atoms with Crippen molar-refractivity contribution in [2.24, 2.45) is 0 Å². The van der Waals surface area contributed by atoms with Gasteiger partial charge in [-0.1, -0.05) is 0 Å². The lowest BCUT2D eigenvalue weighted by Crippen LogP contribution is -2.27. The molecule has 1 aromatic rings. The summed E-state index contributed by atoms with van der Waals surface area (Å²) >= 11 is 0. The fourth-order valence-corrected chi connectivity index (χ4v) is 3.27. The monoisotopic (exact) mass is 284 g/mol. The molecule has 0 aliphatic carbocycles. The number of nitriles is 1. The van der Waals surface area contributed by atoms with Crippen LogP contribution >= 0.6 is 0 Å². The molecule has 0 aromatic carbocycles. The number of ketones is 1. The second-order valence-corrected chi connectivity index (χ2v) is 5.37. The molecule has 1 atom stereocenters. The van der Waals surface area contributed by atoms with E-state index in [-0.39, 0.29) is 24.2 Å². The van der Waals surface area contributed by atoms with Crippen molar-refractivity contribution in [1.82, 2.24) is 4.57 Å². The summed E-state index contributed by atoms with van der Waals surface area (Å²) in [7, 11) is 0. The first-order valence-corrected chi connectivity index (χ1v) is 7.18. The van der Waals surface area contributed by atoms with E-state index in [2.05, 4.69) is 6.07 Å². The topological polar surface area (TPSA) is 72.1 Å². The van der Waals surface area contributed by atoms with Crippen molar-refractivity contribution in [3.05, 3.63) is 29.1 Å². The number of aromatic nitrogens is 1. The maximum atomic E-state index is 11.9. The van der Waals surface area contributed by atoms with Crippen molar-refractivity contribution in [2.75, 3.05) is 6.61 Å². The third-order valence-corrected chi connectivity index (χ3v) is 4.14. The van der Waals surface area contributed by atoms with Gasteiger partial charge in [0.2, 0.25) is 0 Å². The Morgan fingerprint density at radius 1 is 1.48 bits per heavy atom. The molecule has 5 nitrogen and oxygen atoms in total. The first-order chi connectivity index (χ1) is 10.2. The van der Waals surface area contributed by atoms with Crippen molar-refractivity contribution in [3.63, 3.8) is 0 Å². The van der Waals surface area contributed by atoms with Gasteiger partial charge in [-0.25, -0.2) is 0 Å². The van der Waals surface area contributed by atoms with Crippen LogP contribution in [0.25, 0.3) is 5.57 Å². The molecule has 3 heterocycles. The van der Waals surface area contributed by atoms with E-state index in [4.69, 9.17) is 4.74 Å². The lowest BCUT2D eigenvalue weighted by Gasteiger charge is -2.32. The molecule has 0 amide bonds. The third kappa shape index (κ3) is 2.17. The van der Waals surface area contributed by atoms with Crippen LogP contribution in [0.4, 0.5) is 0 Å². The number of carbonyl (C=O) groups is 2. The first kappa shape index (κ1) is 13.6. The van der Waals surface area contributed by atoms with Gasteiger partial charge in [-0.3, -0.25) is 9.59 Å². The van der Waals surface area contributed by atoms with Crippen LogP contribution in [0.2, 0.25) is 0 Å². The van der Waals surface area contributed by atoms with E-state index in [1.54, 1.807) is 13.0 Å². The minimum Gasteiger partial charge on any atom is -0.466 e. The smallest absolute Gasteiger partial charge is 0.309 e. The molecule has 2 aliphatic rings. The van der Waals surface area contributed by atoms with Crippen LogP contribution in [0.5, 0.6) is 0 Å². The normalized spacial score (nSPS) is 20.0. The van der Waals surface area contributed by atoms with Gasteiger partial charge in [0.05, 0.1) is 30.0 Å². The second-order valence-electron chi connectivity index (χ2n) is 5.37. The number of ether oxygens (including phenoxy) is 1. The molecule has 1 unspecified atom stereocenters. The van der Waals surface area contributed by atoms with Gasteiger partial charge < -0.3 is 9.30 Å². The molecule has 2 aliphatic heterocycles. The number of Topliss-reactive ketones (excluding diaryl/α,β-unsaturated/α-hetero) is 1. The molecule has 108 valence electrons. The van der Waals surface area contributed by atoms with Gasteiger partial charge in [-0.05, 0) is 37.5 Å². The Hall–Kier alpha value is -2.35. The molecule has 0 N–H and O–H groups in total. The van der Waals surface area contributed by atoms with Gasteiger partial charge in [0.1, 0.15) is 6.07 Å². The minimum absolute atomic E-state index is 0.128. The molecule has 0 bridgehead atoms. The Labute approximate surface area is 122 Å². The zero-order chi connectivity index (χ0) is 15.0. The Kier molecular flexibility index (Phi) is 3.38. The zero-order valence-electron chi connectivity index (χ0n) is 11.9. The molecule has 1 aromatic heterocycles. The van der Waals surface area contributed by atoms with Crippen LogP contribution in [-0.4, -0.2) is 22.9 Å². The number of rotatable bonds is 3.